The Bertz CT molecular complexity index is 191. The first-order valence-electron chi connectivity index (χ1n) is 2.38. The first-order valence-corrected chi connectivity index (χ1v) is 2.38. The van der Waals surface area contributed by atoms with Gasteiger partial charge in [-0.15, -0.1) is 0 Å². The van der Waals surface area contributed by atoms with Crippen LogP contribution in [0.3, 0.4) is 0 Å². The third-order valence-corrected chi connectivity index (χ3v) is 0.772. The molecule has 5 heteroatoms. The van der Waals surface area contributed by atoms with E-state index in [1.807, 2.05) is 12.5 Å². The SMILES string of the molecule is FC(F)(F)Cc1[c]no[c]1. The van der Waals surface area contributed by atoms with Crippen LogP contribution in [0, 0.1) is 12.5 Å². The lowest BCUT2D eigenvalue weighted by atomic mass is 10.3. The van der Waals surface area contributed by atoms with Crippen LogP contribution in [0.1, 0.15) is 5.56 Å². The smallest absolute Gasteiger partial charge is 0.352 e. The van der Waals surface area contributed by atoms with Crippen molar-refractivity contribution in [2.75, 3.05) is 0 Å². The van der Waals surface area contributed by atoms with E-state index in [-0.39, 0.29) is 5.56 Å². The summed E-state index contributed by atoms with van der Waals surface area (Å²) in [5.74, 6) is 0. The van der Waals surface area contributed by atoms with Crippen LogP contribution >= 0.6 is 0 Å². The Labute approximate surface area is 54.6 Å². The van der Waals surface area contributed by atoms with Gasteiger partial charge in [-0.3, -0.25) is 0 Å². The van der Waals surface area contributed by atoms with E-state index in [0.29, 0.717) is 0 Å². The maximum atomic E-state index is 11.5. The number of halogens is 3. The van der Waals surface area contributed by atoms with Crippen LogP contribution in [0.2, 0.25) is 0 Å². The number of rotatable bonds is 1. The third kappa shape index (κ3) is 2.08. The molecule has 0 saturated heterocycles. The summed E-state index contributed by atoms with van der Waals surface area (Å²) in [6, 6.07) is 0. The minimum atomic E-state index is -4.24. The minimum Gasteiger partial charge on any atom is -0.352 e. The van der Waals surface area contributed by atoms with Gasteiger partial charge in [0.2, 0.25) is 6.26 Å². The van der Waals surface area contributed by atoms with Crippen LogP contribution in [0.15, 0.2) is 4.52 Å². The highest BCUT2D eigenvalue weighted by atomic mass is 19.4. The zero-order chi connectivity index (χ0) is 7.61. The van der Waals surface area contributed by atoms with Crippen molar-refractivity contribution in [1.29, 1.82) is 0 Å². The predicted molar refractivity (Wildman–Crippen MR) is 23.9 cm³/mol. The number of aromatic nitrogens is 1. The van der Waals surface area contributed by atoms with Gasteiger partial charge in [-0.2, -0.15) is 13.2 Å². The Morgan fingerprint density at radius 2 is 2.20 bits per heavy atom. The van der Waals surface area contributed by atoms with Crippen LogP contribution in [0.5, 0.6) is 0 Å². The summed E-state index contributed by atoms with van der Waals surface area (Å²) in [7, 11) is 0. The second-order valence-corrected chi connectivity index (χ2v) is 1.67. The van der Waals surface area contributed by atoms with Gasteiger partial charge in [-0.1, -0.05) is 5.16 Å². The first kappa shape index (κ1) is 7.11. The fourth-order valence-electron chi connectivity index (χ4n) is 0.455. The molecule has 0 bridgehead atoms. The normalized spacial score (nSPS) is 11.9. The van der Waals surface area contributed by atoms with Gasteiger partial charge in [0.1, 0.15) is 6.20 Å². The molecule has 0 aliphatic heterocycles. The molecule has 1 heterocycles. The molecule has 0 aromatic carbocycles. The number of alkyl halides is 3. The number of hydrogen-bond acceptors (Lipinski definition) is 2. The van der Waals surface area contributed by atoms with Crippen molar-refractivity contribution in [2.45, 2.75) is 12.6 Å². The summed E-state index contributed by atoms with van der Waals surface area (Å²) in [6.07, 6.45) is -1.39. The fraction of sp³-hybridized carbons (Fsp3) is 0.400. The standard InChI is InChI=1S/C5H2F3NO/c6-5(7,8)1-4-2-9-10-3-4/h1H2. The summed E-state index contributed by atoms with van der Waals surface area (Å²) in [4.78, 5) is 0. The van der Waals surface area contributed by atoms with Crippen molar-refractivity contribution in [1.82, 2.24) is 5.16 Å². The van der Waals surface area contributed by atoms with Crippen molar-refractivity contribution in [3.63, 3.8) is 0 Å². The van der Waals surface area contributed by atoms with Crippen molar-refractivity contribution < 1.29 is 17.7 Å². The lowest BCUT2D eigenvalue weighted by molar-refractivity contribution is -0.127. The Morgan fingerprint density at radius 1 is 1.50 bits per heavy atom. The van der Waals surface area contributed by atoms with Crippen LogP contribution in [0.25, 0.3) is 0 Å². The molecule has 1 aromatic heterocycles. The lowest BCUT2D eigenvalue weighted by Crippen LogP contribution is -2.10. The summed E-state index contributed by atoms with van der Waals surface area (Å²) < 4.78 is 38.6. The highest BCUT2D eigenvalue weighted by molar-refractivity contribution is 4.98. The molecule has 0 aliphatic rings. The molecule has 2 nitrogen and oxygen atoms in total. The van der Waals surface area contributed by atoms with Crippen molar-refractivity contribution in [2.24, 2.45) is 0 Å². The van der Waals surface area contributed by atoms with Crippen molar-refractivity contribution in [3.05, 3.63) is 18.0 Å². The Morgan fingerprint density at radius 3 is 2.60 bits per heavy atom. The van der Waals surface area contributed by atoms with Gasteiger partial charge in [-0.25, -0.2) is 0 Å². The summed E-state index contributed by atoms with van der Waals surface area (Å²) >= 11 is 0. The molecule has 0 fully saturated rings. The van der Waals surface area contributed by atoms with Gasteiger partial charge < -0.3 is 4.52 Å². The second-order valence-electron chi connectivity index (χ2n) is 1.67. The maximum Gasteiger partial charge on any atom is 0.393 e. The van der Waals surface area contributed by atoms with Gasteiger partial charge in [0.15, 0.2) is 0 Å². The lowest BCUT2D eigenvalue weighted by Gasteiger charge is -2.00. The van der Waals surface area contributed by atoms with Crippen LogP contribution in [0.4, 0.5) is 13.2 Å². The molecule has 0 atom stereocenters. The van der Waals surface area contributed by atoms with E-state index in [1.54, 1.807) is 0 Å². The fourth-order valence-corrected chi connectivity index (χ4v) is 0.455. The van der Waals surface area contributed by atoms with Gasteiger partial charge >= 0.3 is 6.18 Å². The monoisotopic (exact) mass is 149 g/mol. The summed E-state index contributed by atoms with van der Waals surface area (Å²) in [5, 5.41) is 2.95. The molecule has 0 unspecified atom stereocenters. The molecule has 1 aromatic rings. The molecular formula is C5H2F3NO. The largest absolute Gasteiger partial charge is 0.393 e. The van der Waals surface area contributed by atoms with E-state index in [9.17, 15) is 13.2 Å². The summed E-state index contributed by atoms with van der Waals surface area (Å²) in [5.41, 5.74) is -0.201. The van der Waals surface area contributed by atoms with E-state index >= 15 is 0 Å². The first-order chi connectivity index (χ1) is 4.58. The van der Waals surface area contributed by atoms with E-state index in [2.05, 4.69) is 9.68 Å². The molecule has 10 heavy (non-hydrogen) atoms. The molecule has 0 spiro atoms. The van der Waals surface area contributed by atoms with Crippen LogP contribution < -0.4 is 0 Å². The van der Waals surface area contributed by atoms with Crippen molar-refractivity contribution in [3.8, 4) is 0 Å². The van der Waals surface area contributed by atoms with E-state index in [4.69, 9.17) is 0 Å². The van der Waals surface area contributed by atoms with E-state index in [1.165, 1.54) is 0 Å². The zero-order valence-corrected chi connectivity index (χ0v) is 4.70. The topological polar surface area (TPSA) is 26.0 Å². The average Bonchev–Trinajstić information content (AvgIpc) is 2.12. The Hall–Kier alpha value is -1.00. The summed E-state index contributed by atoms with van der Waals surface area (Å²) in [6.45, 7) is 0. The highest BCUT2D eigenvalue weighted by Gasteiger charge is 2.28. The molecule has 0 aliphatic carbocycles. The minimum absolute atomic E-state index is 0.201. The number of nitrogens with zero attached hydrogens (tertiary/aromatic N) is 1. The highest BCUT2D eigenvalue weighted by Crippen LogP contribution is 2.19. The predicted octanol–water partition coefficient (Wildman–Crippen LogP) is 1.38. The van der Waals surface area contributed by atoms with Crippen LogP contribution in [-0.2, 0) is 6.42 Å². The molecule has 1 rings (SSSR count). The molecule has 0 N–H and O–H groups in total. The maximum absolute atomic E-state index is 11.5. The third-order valence-electron chi connectivity index (χ3n) is 0.772. The van der Waals surface area contributed by atoms with E-state index in [0.717, 1.165) is 0 Å². The van der Waals surface area contributed by atoms with Crippen LogP contribution in [-0.4, -0.2) is 11.3 Å². The number of hydrogen-bond donors (Lipinski definition) is 0. The molecule has 2 radical (unpaired) electrons. The van der Waals surface area contributed by atoms with E-state index < -0.39 is 12.6 Å². The van der Waals surface area contributed by atoms with Gasteiger partial charge in [0.05, 0.1) is 6.42 Å². The average molecular weight is 149 g/mol. The molecule has 0 saturated carbocycles. The molecular weight excluding hydrogens is 147 g/mol. The second kappa shape index (κ2) is 2.32. The Kier molecular flexibility index (Phi) is 1.65. The quantitative estimate of drug-likeness (QED) is 0.602. The molecule has 0 amide bonds. The molecule has 54 valence electrons. The van der Waals surface area contributed by atoms with Gasteiger partial charge in [0, 0.05) is 5.56 Å². The van der Waals surface area contributed by atoms with Gasteiger partial charge in [0.25, 0.3) is 0 Å². The Balaban J connectivity index is 2.57. The zero-order valence-electron chi connectivity index (χ0n) is 4.70. The van der Waals surface area contributed by atoms with Crippen molar-refractivity contribution >= 4 is 0 Å². The van der Waals surface area contributed by atoms with Gasteiger partial charge in [-0.05, 0) is 0 Å².